The lowest BCUT2D eigenvalue weighted by Gasteiger charge is -2.04. The maximum absolute atomic E-state index is 6.04. The normalized spacial score (nSPS) is 10.4. The summed E-state index contributed by atoms with van der Waals surface area (Å²) in [5, 5.41) is 7.95. The standard InChI is InChI=1S/C9H9Cl2N5/c1-13-9-14-8(12)16(15-9)7-3-2-5(10)4-6(7)11/h2-4H,1H3,(H3,12,13,14,15). The first kappa shape index (κ1) is 11.0. The zero-order valence-electron chi connectivity index (χ0n) is 8.41. The quantitative estimate of drug-likeness (QED) is 0.866. The molecule has 0 aliphatic rings. The van der Waals surface area contributed by atoms with E-state index in [1.807, 2.05) is 0 Å². The van der Waals surface area contributed by atoms with Gasteiger partial charge >= 0.3 is 0 Å². The smallest absolute Gasteiger partial charge is 0.244 e. The molecule has 0 aliphatic heterocycles. The molecule has 1 aromatic carbocycles. The van der Waals surface area contributed by atoms with Crippen molar-refractivity contribution in [2.45, 2.75) is 0 Å². The summed E-state index contributed by atoms with van der Waals surface area (Å²) in [6.07, 6.45) is 0. The van der Waals surface area contributed by atoms with Crippen LogP contribution in [-0.4, -0.2) is 21.8 Å². The Kier molecular flexibility index (Phi) is 2.89. The Morgan fingerprint density at radius 1 is 1.38 bits per heavy atom. The summed E-state index contributed by atoms with van der Waals surface area (Å²) in [7, 11) is 1.71. The molecule has 3 N–H and O–H groups in total. The van der Waals surface area contributed by atoms with Crippen LogP contribution >= 0.6 is 23.2 Å². The van der Waals surface area contributed by atoms with Gasteiger partial charge in [-0.2, -0.15) is 9.67 Å². The van der Waals surface area contributed by atoms with E-state index in [1.165, 1.54) is 4.68 Å². The van der Waals surface area contributed by atoms with Gasteiger partial charge in [0.05, 0.1) is 10.7 Å². The van der Waals surface area contributed by atoms with E-state index in [0.717, 1.165) is 0 Å². The van der Waals surface area contributed by atoms with Crippen molar-refractivity contribution in [1.29, 1.82) is 0 Å². The summed E-state index contributed by atoms with van der Waals surface area (Å²) in [6, 6.07) is 5.07. The lowest BCUT2D eigenvalue weighted by Crippen LogP contribution is -2.03. The van der Waals surface area contributed by atoms with Crippen molar-refractivity contribution in [3.63, 3.8) is 0 Å². The fourth-order valence-corrected chi connectivity index (χ4v) is 1.75. The monoisotopic (exact) mass is 257 g/mol. The molecule has 1 heterocycles. The van der Waals surface area contributed by atoms with Crippen molar-refractivity contribution in [2.75, 3.05) is 18.1 Å². The largest absolute Gasteiger partial charge is 0.368 e. The SMILES string of the molecule is CNc1nc(N)n(-c2ccc(Cl)cc2Cl)n1. The van der Waals surface area contributed by atoms with Crippen LogP contribution in [0.15, 0.2) is 18.2 Å². The van der Waals surface area contributed by atoms with E-state index in [0.29, 0.717) is 21.7 Å². The minimum absolute atomic E-state index is 0.258. The third-order valence-electron chi connectivity index (χ3n) is 1.99. The molecule has 0 aliphatic carbocycles. The second kappa shape index (κ2) is 4.19. The summed E-state index contributed by atoms with van der Waals surface area (Å²) in [5.74, 6) is 0.692. The van der Waals surface area contributed by atoms with E-state index in [9.17, 15) is 0 Å². The van der Waals surface area contributed by atoms with E-state index in [4.69, 9.17) is 28.9 Å². The first-order valence-corrected chi connectivity index (χ1v) is 5.23. The predicted molar refractivity (Wildman–Crippen MR) is 65.3 cm³/mol. The number of nitrogens with one attached hydrogen (secondary N) is 1. The first-order chi connectivity index (χ1) is 7.61. The lowest BCUT2D eigenvalue weighted by atomic mass is 10.3. The minimum Gasteiger partial charge on any atom is -0.368 e. The zero-order chi connectivity index (χ0) is 11.7. The number of halogens is 2. The Bertz CT molecular complexity index is 523. The molecular formula is C9H9Cl2N5. The van der Waals surface area contributed by atoms with E-state index in [-0.39, 0.29) is 5.95 Å². The van der Waals surface area contributed by atoms with Gasteiger partial charge in [0.2, 0.25) is 11.9 Å². The second-order valence-electron chi connectivity index (χ2n) is 3.05. The average Bonchev–Trinajstić information content (AvgIpc) is 2.60. The molecule has 0 saturated heterocycles. The number of benzene rings is 1. The molecule has 0 bridgehead atoms. The number of nitrogen functional groups attached to an aromatic ring is 1. The van der Waals surface area contributed by atoms with Gasteiger partial charge in [0, 0.05) is 12.1 Å². The number of hydrogen-bond acceptors (Lipinski definition) is 4. The molecule has 1 aromatic heterocycles. The van der Waals surface area contributed by atoms with Gasteiger partial charge in [0.25, 0.3) is 0 Å². The lowest BCUT2D eigenvalue weighted by molar-refractivity contribution is 0.893. The van der Waals surface area contributed by atoms with Crippen molar-refractivity contribution in [2.24, 2.45) is 0 Å². The summed E-state index contributed by atoms with van der Waals surface area (Å²) < 4.78 is 1.45. The van der Waals surface area contributed by atoms with E-state index < -0.39 is 0 Å². The zero-order valence-corrected chi connectivity index (χ0v) is 9.92. The minimum atomic E-state index is 0.258. The molecule has 7 heteroatoms. The highest BCUT2D eigenvalue weighted by Gasteiger charge is 2.10. The highest BCUT2D eigenvalue weighted by molar-refractivity contribution is 6.35. The van der Waals surface area contributed by atoms with Gasteiger partial charge in [-0.15, -0.1) is 5.10 Å². The summed E-state index contributed by atoms with van der Waals surface area (Å²) in [5.41, 5.74) is 6.35. The van der Waals surface area contributed by atoms with Crippen LogP contribution in [0.4, 0.5) is 11.9 Å². The maximum Gasteiger partial charge on any atom is 0.244 e. The summed E-state index contributed by atoms with van der Waals surface area (Å²) in [4.78, 5) is 4.00. The molecule has 0 amide bonds. The molecule has 2 rings (SSSR count). The summed E-state index contributed by atoms with van der Waals surface area (Å²) >= 11 is 11.8. The van der Waals surface area contributed by atoms with Gasteiger partial charge in [-0.3, -0.25) is 0 Å². The molecule has 0 saturated carbocycles. The number of anilines is 2. The van der Waals surface area contributed by atoms with Crippen LogP contribution in [0.1, 0.15) is 0 Å². The van der Waals surface area contributed by atoms with Crippen molar-refractivity contribution >= 4 is 35.1 Å². The second-order valence-corrected chi connectivity index (χ2v) is 3.89. The molecule has 5 nitrogen and oxygen atoms in total. The molecule has 84 valence electrons. The third-order valence-corrected chi connectivity index (χ3v) is 2.53. The van der Waals surface area contributed by atoms with Gasteiger partial charge in [0.15, 0.2) is 0 Å². The maximum atomic E-state index is 6.04. The number of aromatic nitrogens is 3. The van der Waals surface area contributed by atoms with E-state index >= 15 is 0 Å². The van der Waals surface area contributed by atoms with Gasteiger partial charge in [-0.05, 0) is 18.2 Å². The fraction of sp³-hybridized carbons (Fsp3) is 0.111. The molecule has 0 fully saturated rings. The predicted octanol–water partition coefficient (Wildman–Crippen LogP) is 2.20. The Balaban J connectivity index is 2.53. The van der Waals surface area contributed by atoms with E-state index in [2.05, 4.69) is 15.4 Å². The van der Waals surface area contributed by atoms with Crippen molar-refractivity contribution in [1.82, 2.24) is 14.8 Å². The molecule has 0 radical (unpaired) electrons. The highest BCUT2D eigenvalue weighted by Crippen LogP contribution is 2.25. The first-order valence-electron chi connectivity index (χ1n) is 4.47. The van der Waals surface area contributed by atoms with E-state index in [1.54, 1.807) is 25.2 Å². The van der Waals surface area contributed by atoms with Crippen LogP contribution in [0.2, 0.25) is 10.0 Å². The Morgan fingerprint density at radius 2 is 2.12 bits per heavy atom. The van der Waals surface area contributed by atoms with Crippen molar-refractivity contribution < 1.29 is 0 Å². The molecule has 0 atom stereocenters. The van der Waals surface area contributed by atoms with Crippen LogP contribution < -0.4 is 11.1 Å². The average molecular weight is 258 g/mol. The fourth-order valence-electron chi connectivity index (χ4n) is 1.26. The highest BCUT2D eigenvalue weighted by atomic mass is 35.5. The van der Waals surface area contributed by atoms with Crippen molar-refractivity contribution in [3.8, 4) is 5.69 Å². The topological polar surface area (TPSA) is 68.8 Å². The summed E-state index contributed by atoms with van der Waals surface area (Å²) in [6.45, 7) is 0. The van der Waals surface area contributed by atoms with Gasteiger partial charge in [-0.25, -0.2) is 0 Å². The van der Waals surface area contributed by atoms with Gasteiger partial charge < -0.3 is 11.1 Å². The Morgan fingerprint density at radius 3 is 2.69 bits per heavy atom. The molecule has 0 spiro atoms. The van der Waals surface area contributed by atoms with Crippen LogP contribution in [0.3, 0.4) is 0 Å². The van der Waals surface area contributed by atoms with Gasteiger partial charge in [0.1, 0.15) is 0 Å². The number of nitrogens with zero attached hydrogens (tertiary/aromatic N) is 3. The van der Waals surface area contributed by atoms with Crippen LogP contribution in [-0.2, 0) is 0 Å². The molecule has 16 heavy (non-hydrogen) atoms. The number of hydrogen-bond donors (Lipinski definition) is 2. The van der Waals surface area contributed by atoms with Crippen LogP contribution in [0.5, 0.6) is 0 Å². The van der Waals surface area contributed by atoms with Crippen molar-refractivity contribution in [3.05, 3.63) is 28.2 Å². The molecular weight excluding hydrogens is 249 g/mol. The third kappa shape index (κ3) is 1.91. The molecule has 0 unspecified atom stereocenters. The number of rotatable bonds is 2. The Labute approximate surface area is 102 Å². The van der Waals surface area contributed by atoms with Gasteiger partial charge in [-0.1, -0.05) is 23.2 Å². The van der Waals surface area contributed by atoms with Crippen LogP contribution in [0.25, 0.3) is 5.69 Å². The molecule has 2 aromatic rings. The number of nitrogens with two attached hydrogens (primary N) is 1. The Hall–Kier alpha value is -1.46. The van der Waals surface area contributed by atoms with Crippen LogP contribution in [0, 0.1) is 0 Å².